The quantitative estimate of drug-likeness (QED) is 0.463. The first-order chi connectivity index (χ1) is 15.6. The van der Waals surface area contributed by atoms with E-state index in [-0.39, 0.29) is 11.9 Å². The smallest absolute Gasteiger partial charge is 0.262 e. The van der Waals surface area contributed by atoms with Gasteiger partial charge in [0.25, 0.3) is 11.8 Å². The van der Waals surface area contributed by atoms with Crippen LogP contribution in [-0.2, 0) is 11.3 Å². The number of fused-ring (bicyclic) bond motifs is 1. The third kappa shape index (κ3) is 3.42. The van der Waals surface area contributed by atoms with E-state index in [0.717, 1.165) is 16.0 Å². The zero-order valence-corrected chi connectivity index (χ0v) is 17.4. The average molecular weight is 422 g/mol. The molecule has 2 atom stereocenters. The van der Waals surface area contributed by atoms with Crippen molar-refractivity contribution in [1.29, 1.82) is 0 Å². The fourth-order valence-electron chi connectivity index (χ4n) is 4.47. The standard InChI is InChI=1S/C27H22N2O3/c30-25-21-14-7-8-15-22(21)26(31)29(25)24-17-9-16-23(20-12-5-2-6-13-20)28(27(24)32)18-19-10-3-1-4-11-19/h1-16,23-24H,17-18H2/t23-,24?/m0/s1. The molecule has 0 radical (unpaired) electrons. The van der Waals surface area contributed by atoms with Crippen molar-refractivity contribution >= 4 is 17.7 Å². The lowest BCUT2D eigenvalue weighted by atomic mass is 10.0. The van der Waals surface area contributed by atoms with Crippen LogP contribution < -0.4 is 0 Å². The van der Waals surface area contributed by atoms with E-state index in [4.69, 9.17) is 0 Å². The summed E-state index contributed by atoms with van der Waals surface area (Å²) in [4.78, 5) is 43.0. The van der Waals surface area contributed by atoms with Crippen LogP contribution in [0.15, 0.2) is 97.1 Å². The van der Waals surface area contributed by atoms with Gasteiger partial charge < -0.3 is 4.90 Å². The van der Waals surface area contributed by atoms with E-state index in [1.165, 1.54) is 0 Å². The summed E-state index contributed by atoms with van der Waals surface area (Å²) in [7, 11) is 0. The molecule has 0 fully saturated rings. The molecule has 0 spiro atoms. The zero-order valence-electron chi connectivity index (χ0n) is 17.4. The van der Waals surface area contributed by atoms with Gasteiger partial charge in [0.1, 0.15) is 6.04 Å². The number of rotatable bonds is 4. The lowest BCUT2D eigenvalue weighted by Crippen LogP contribution is -2.50. The first kappa shape index (κ1) is 19.9. The van der Waals surface area contributed by atoms with Crippen LogP contribution in [0.25, 0.3) is 0 Å². The third-order valence-electron chi connectivity index (χ3n) is 6.06. The number of benzene rings is 3. The summed E-state index contributed by atoms with van der Waals surface area (Å²) in [5, 5.41) is 0. The number of imide groups is 1. The van der Waals surface area contributed by atoms with E-state index in [1.54, 1.807) is 29.2 Å². The van der Waals surface area contributed by atoms with Gasteiger partial charge in [0.2, 0.25) is 5.91 Å². The normalized spacial score (nSPS) is 20.4. The van der Waals surface area contributed by atoms with Gasteiger partial charge in [-0.05, 0) is 29.7 Å². The molecule has 3 aromatic carbocycles. The van der Waals surface area contributed by atoms with E-state index in [1.807, 2.05) is 72.8 Å². The fraction of sp³-hybridized carbons (Fsp3) is 0.148. The summed E-state index contributed by atoms with van der Waals surface area (Å²) < 4.78 is 0. The van der Waals surface area contributed by atoms with Gasteiger partial charge in [-0.2, -0.15) is 0 Å². The molecule has 0 saturated heterocycles. The average Bonchev–Trinajstić information content (AvgIpc) is 2.98. The van der Waals surface area contributed by atoms with Crippen LogP contribution in [0.5, 0.6) is 0 Å². The molecule has 0 saturated carbocycles. The fourth-order valence-corrected chi connectivity index (χ4v) is 4.47. The summed E-state index contributed by atoms with van der Waals surface area (Å²) in [6, 6.07) is 25.1. The molecule has 2 heterocycles. The van der Waals surface area contributed by atoms with Crippen LogP contribution in [0, 0.1) is 0 Å². The summed E-state index contributed by atoms with van der Waals surface area (Å²) in [6.07, 6.45) is 4.20. The van der Waals surface area contributed by atoms with Crippen LogP contribution in [0.4, 0.5) is 0 Å². The first-order valence-corrected chi connectivity index (χ1v) is 10.7. The third-order valence-corrected chi connectivity index (χ3v) is 6.06. The Kier molecular flexibility index (Phi) is 5.15. The Hall–Kier alpha value is -3.99. The molecule has 2 aliphatic heterocycles. The predicted octanol–water partition coefficient (Wildman–Crippen LogP) is 4.38. The second kappa shape index (κ2) is 8.27. The molecule has 0 N–H and O–H groups in total. The minimum atomic E-state index is -0.879. The van der Waals surface area contributed by atoms with Crippen molar-refractivity contribution in [2.45, 2.75) is 25.0 Å². The molecule has 158 valence electrons. The largest absolute Gasteiger partial charge is 0.326 e. The maximum atomic E-state index is 13.9. The van der Waals surface area contributed by atoms with Crippen LogP contribution >= 0.6 is 0 Å². The molecule has 5 rings (SSSR count). The number of hydrogen-bond acceptors (Lipinski definition) is 3. The van der Waals surface area contributed by atoms with Gasteiger partial charge in [0.15, 0.2) is 0 Å². The molecule has 0 aromatic heterocycles. The molecule has 32 heavy (non-hydrogen) atoms. The van der Waals surface area contributed by atoms with Crippen molar-refractivity contribution < 1.29 is 14.4 Å². The molecule has 2 aliphatic rings. The highest BCUT2D eigenvalue weighted by atomic mass is 16.2. The Bertz CT molecular complexity index is 1170. The maximum absolute atomic E-state index is 13.9. The molecule has 3 aromatic rings. The molecule has 0 bridgehead atoms. The summed E-state index contributed by atoms with van der Waals surface area (Å²) in [5.74, 6) is -1.05. The van der Waals surface area contributed by atoms with Crippen molar-refractivity contribution in [3.05, 3.63) is 119 Å². The van der Waals surface area contributed by atoms with E-state index in [2.05, 4.69) is 0 Å². The van der Waals surface area contributed by atoms with E-state index < -0.39 is 17.9 Å². The van der Waals surface area contributed by atoms with Crippen molar-refractivity contribution in [3.8, 4) is 0 Å². The Labute approximate surface area is 186 Å². The topological polar surface area (TPSA) is 57.7 Å². The SMILES string of the molecule is O=C1c2ccccc2C(=O)N1C1CC=C[C@@H](c2ccccc2)N(Cc2ccccc2)C1=O. The van der Waals surface area contributed by atoms with Gasteiger partial charge in [0, 0.05) is 6.54 Å². The molecule has 0 aliphatic carbocycles. The monoisotopic (exact) mass is 422 g/mol. The Morgan fingerprint density at radius 1 is 0.719 bits per heavy atom. The maximum Gasteiger partial charge on any atom is 0.262 e. The minimum Gasteiger partial charge on any atom is -0.326 e. The summed E-state index contributed by atoms with van der Waals surface area (Å²) in [5.41, 5.74) is 2.68. The Morgan fingerprint density at radius 2 is 1.28 bits per heavy atom. The molecule has 5 heteroatoms. The minimum absolute atomic E-state index is 0.234. The molecule has 1 unspecified atom stereocenters. The lowest BCUT2D eigenvalue weighted by molar-refractivity contribution is -0.137. The first-order valence-electron chi connectivity index (χ1n) is 10.7. The van der Waals surface area contributed by atoms with Crippen molar-refractivity contribution in [3.63, 3.8) is 0 Å². The highest BCUT2D eigenvalue weighted by molar-refractivity contribution is 6.22. The van der Waals surface area contributed by atoms with E-state index >= 15 is 0 Å². The molecule has 5 nitrogen and oxygen atoms in total. The van der Waals surface area contributed by atoms with Crippen LogP contribution in [0.1, 0.15) is 44.3 Å². The highest BCUT2D eigenvalue weighted by Gasteiger charge is 2.45. The van der Waals surface area contributed by atoms with E-state index in [9.17, 15) is 14.4 Å². The van der Waals surface area contributed by atoms with Gasteiger partial charge in [-0.3, -0.25) is 19.3 Å². The highest BCUT2D eigenvalue weighted by Crippen LogP contribution is 2.33. The summed E-state index contributed by atoms with van der Waals surface area (Å²) >= 11 is 0. The van der Waals surface area contributed by atoms with Gasteiger partial charge >= 0.3 is 0 Å². The zero-order chi connectivity index (χ0) is 22.1. The van der Waals surface area contributed by atoms with Crippen LogP contribution in [-0.4, -0.2) is 33.6 Å². The van der Waals surface area contributed by atoms with Crippen molar-refractivity contribution in [2.75, 3.05) is 0 Å². The summed E-state index contributed by atoms with van der Waals surface area (Å²) in [6.45, 7) is 0.378. The number of carbonyl (C=O) groups excluding carboxylic acids is 3. The van der Waals surface area contributed by atoms with Crippen LogP contribution in [0.3, 0.4) is 0 Å². The van der Waals surface area contributed by atoms with Gasteiger partial charge in [-0.15, -0.1) is 0 Å². The second-order valence-corrected chi connectivity index (χ2v) is 8.01. The molecular formula is C27H22N2O3. The number of carbonyl (C=O) groups is 3. The number of nitrogens with zero attached hydrogens (tertiary/aromatic N) is 2. The number of hydrogen-bond donors (Lipinski definition) is 0. The lowest BCUT2D eigenvalue weighted by Gasteiger charge is -2.33. The Balaban J connectivity index is 1.53. The van der Waals surface area contributed by atoms with Gasteiger partial charge in [-0.25, -0.2) is 0 Å². The molecule has 3 amide bonds. The van der Waals surface area contributed by atoms with Crippen LogP contribution in [0.2, 0.25) is 0 Å². The second-order valence-electron chi connectivity index (χ2n) is 8.01. The predicted molar refractivity (Wildman–Crippen MR) is 121 cm³/mol. The van der Waals surface area contributed by atoms with Crippen molar-refractivity contribution in [1.82, 2.24) is 9.80 Å². The Morgan fingerprint density at radius 3 is 1.91 bits per heavy atom. The van der Waals surface area contributed by atoms with Crippen molar-refractivity contribution in [2.24, 2.45) is 0 Å². The van der Waals surface area contributed by atoms with Gasteiger partial charge in [0.05, 0.1) is 17.2 Å². The van der Waals surface area contributed by atoms with Gasteiger partial charge in [-0.1, -0.05) is 84.9 Å². The molecular weight excluding hydrogens is 400 g/mol. The number of amides is 3. The van der Waals surface area contributed by atoms with E-state index in [0.29, 0.717) is 24.1 Å².